The second-order valence-electron chi connectivity index (χ2n) is 6.43. The van der Waals surface area contributed by atoms with Crippen LogP contribution in [0.4, 0.5) is 4.79 Å². The Balaban J connectivity index is 1.58. The smallest absolute Gasteiger partial charge is 0.315 e. The van der Waals surface area contributed by atoms with E-state index in [-0.39, 0.29) is 12.1 Å². The van der Waals surface area contributed by atoms with Crippen molar-refractivity contribution in [2.45, 2.75) is 39.9 Å². The summed E-state index contributed by atoms with van der Waals surface area (Å²) in [6.07, 6.45) is 5.56. The second kappa shape index (κ2) is 7.33. The van der Waals surface area contributed by atoms with Crippen LogP contribution in [0.1, 0.15) is 38.5 Å². The Morgan fingerprint density at radius 1 is 1.20 bits per heavy atom. The van der Waals surface area contributed by atoms with Crippen molar-refractivity contribution in [3.8, 4) is 0 Å². The molecule has 2 amide bonds. The number of urea groups is 1. The Bertz CT molecular complexity index is 851. The third-order valence-electron chi connectivity index (χ3n) is 3.85. The van der Waals surface area contributed by atoms with Gasteiger partial charge < -0.3 is 15.2 Å². The first kappa shape index (κ1) is 16.9. The number of aromatic nitrogens is 5. The molecule has 0 saturated heterocycles. The third-order valence-corrected chi connectivity index (χ3v) is 3.85. The number of carbonyl (C=O) groups is 1. The van der Waals surface area contributed by atoms with Gasteiger partial charge in [0.05, 0.1) is 12.6 Å². The first-order chi connectivity index (χ1) is 12.0. The summed E-state index contributed by atoms with van der Waals surface area (Å²) in [5, 5.41) is 14.0. The molecule has 0 radical (unpaired) electrons. The Hall–Kier alpha value is -2.90. The molecule has 0 aromatic carbocycles. The predicted octanol–water partition coefficient (Wildman–Crippen LogP) is 2.14. The number of fused-ring (bicyclic) bond motifs is 1. The van der Waals surface area contributed by atoms with Gasteiger partial charge in [-0.05, 0) is 25.0 Å². The highest BCUT2D eigenvalue weighted by Crippen LogP contribution is 2.11. The number of imidazole rings is 1. The lowest BCUT2D eigenvalue weighted by Crippen LogP contribution is -2.37. The zero-order valence-corrected chi connectivity index (χ0v) is 14.7. The topological polar surface area (TPSA) is 89.1 Å². The van der Waals surface area contributed by atoms with Gasteiger partial charge >= 0.3 is 6.03 Å². The number of nitrogens with zero attached hydrogens (tertiary/aromatic N) is 5. The molecule has 2 N–H and O–H groups in total. The number of rotatable bonds is 6. The first-order valence-electron chi connectivity index (χ1n) is 8.38. The minimum absolute atomic E-state index is 0.265. The molecule has 3 rings (SSSR count). The Labute approximate surface area is 146 Å². The van der Waals surface area contributed by atoms with E-state index < -0.39 is 0 Å². The van der Waals surface area contributed by atoms with Gasteiger partial charge in [0, 0.05) is 25.1 Å². The van der Waals surface area contributed by atoms with Crippen LogP contribution in [0.2, 0.25) is 0 Å². The number of pyridine rings is 1. The summed E-state index contributed by atoms with van der Waals surface area (Å²) in [5.41, 5.74) is 0.752. The van der Waals surface area contributed by atoms with Crippen molar-refractivity contribution in [2.75, 3.05) is 0 Å². The van der Waals surface area contributed by atoms with Crippen LogP contribution >= 0.6 is 0 Å². The summed E-state index contributed by atoms with van der Waals surface area (Å²) in [4.78, 5) is 16.5. The van der Waals surface area contributed by atoms with E-state index in [4.69, 9.17) is 0 Å². The molecule has 3 heterocycles. The molecule has 0 aliphatic heterocycles. The third kappa shape index (κ3) is 3.96. The fourth-order valence-corrected chi connectivity index (χ4v) is 2.69. The van der Waals surface area contributed by atoms with Gasteiger partial charge in [0.15, 0.2) is 11.5 Å². The lowest BCUT2D eigenvalue weighted by molar-refractivity contribution is 0.236. The maximum absolute atomic E-state index is 12.2. The van der Waals surface area contributed by atoms with Crippen molar-refractivity contribution in [1.29, 1.82) is 0 Å². The predicted molar refractivity (Wildman–Crippen MR) is 93.8 cm³/mol. The average molecular weight is 341 g/mol. The molecule has 8 nitrogen and oxygen atoms in total. The largest absolute Gasteiger partial charge is 0.333 e. The van der Waals surface area contributed by atoms with Crippen LogP contribution in [0.15, 0.2) is 36.8 Å². The van der Waals surface area contributed by atoms with Gasteiger partial charge in [0.2, 0.25) is 0 Å². The molecule has 1 atom stereocenters. The highest BCUT2D eigenvalue weighted by molar-refractivity contribution is 5.74. The van der Waals surface area contributed by atoms with Crippen LogP contribution in [0.5, 0.6) is 0 Å². The van der Waals surface area contributed by atoms with Gasteiger partial charge in [-0.2, -0.15) is 0 Å². The molecular weight excluding hydrogens is 318 g/mol. The van der Waals surface area contributed by atoms with Crippen LogP contribution in [-0.2, 0) is 13.1 Å². The quantitative estimate of drug-likeness (QED) is 0.719. The van der Waals surface area contributed by atoms with E-state index in [9.17, 15) is 4.79 Å². The van der Waals surface area contributed by atoms with E-state index in [1.165, 1.54) is 0 Å². The van der Waals surface area contributed by atoms with Crippen LogP contribution in [0, 0.1) is 5.92 Å². The fourth-order valence-electron chi connectivity index (χ4n) is 2.69. The number of nitrogens with one attached hydrogen (secondary N) is 2. The summed E-state index contributed by atoms with van der Waals surface area (Å²) < 4.78 is 3.92. The van der Waals surface area contributed by atoms with E-state index in [1.54, 1.807) is 6.20 Å². The molecule has 0 bridgehead atoms. The van der Waals surface area contributed by atoms with Crippen molar-refractivity contribution < 1.29 is 4.79 Å². The molecular formula is C17H23N7O. The molecule has 132 valence electrons. The van der Waals surface area contributed by atoms with Crippen LogP contribution in [0.25, 0.3) is 5.65 Å². The molecule has 8 heteroatoms. The number of hydrogen-bond acceptors (Lipinski definition) is 4. The maximum Gasteiger partial charge on any atom is 0.315 e. The maximum atomic E-state index is 12.2. The minimum Gasteiger partial charge on any atom is -0.333 e. The van der Waals surface area contributed by atoms with Gasteiger partial charge in [-0.15, -0.1) is 10.2 Å². The van der Waals surface area contributed by atoms with Gasteiger partial charge in [0.1, 0.15) is 5.82 Å². The zero-order valence-electron chi connectivity index (χ0n) is 14.7. The average Bonchev–Trinajstić information content (AvgIpc) is 3.19. The lowest BCUT2D eigenvalue weighted by atomic mass is 10.2. The fraction of sp³-hybridized carbons (Fsp3) is 0.412. The Morgan fingerprint density at radius 2 is 2.04 bits per heavy atom. The molecule has 0 saturated carbocycles. The number of amides is 2. The van der Waals surface area contributed by atoms with Crippen molar-refractivity contribution in [3.05, 3.63) is 48.4 Å². The van der Waals surface area contributed by atoms with Crippen LogP contribution in [0.3, 0.4) is 0 Å². The zero-order chi connectivity index (χ0) is 17.8. The van der Waals surface area contributed by atoms with Crippen LogP contribution in [-0.4, -0.2) is 30.2 Å². The lowest BCUT2D eigenvalue weighted by Gasteiger charge is -2.14. The van der Waals surface area contributed by atoms with Crippen molar-refractivity contribution in [2.24, 2.45) is 5.92 Å². The standard InChI is InChI=1S/C17H23N7O/c1-12(2)11-23-9-7-18-15(23)10-19-17(25)20-13(3)16-22-21-14-6-4-5-8-24(14)16/h4-9,12-13H,10-11H2,1-3H3,(H2,19,20,25)/t13-/m1/s1. The van der Waals surface area contributed by atoms with Crippen molar-refractivity contribution in [1.82, 2.24) is 34.8 Å². The number of carbonyl (C=O) groups excluding carboxylic acids is 1. The van der Waals surface area contributed by atoms with Crippen molar-refractivity contribution in [3.63, 3.8) is 0 Å². The van der Waals surface area contributed by atoms with Gasteiger partial charge in [-0.25, -0.2) is 9.78 Å². The van der Waals surface area contributed by atoms with E-state index in [0.717, 1.165) is 18.0 Å². The molecule has 0 aliphatic rings. The molecule has 0 aliphatic carbocycles. The van der Waals surface area contributed by atoms with E-state index in [2.05, 4.69) is 44.2 Å². The molecule has 0 fully saturated rings. The summed E-state index contributed by atoms with van der Waals surface area (Å²) >= 11 is 0. The van der Waals surface area contributed by atoms with Gasteiger partial charge in [0.25, 0.3) is 0 Å². The molecule has 3 aromatic rings. The highest BCUT2D eigenvalue weighted by Gasteiger charge is 2.16. The Kier molecular flexibility index (Phi) is 4.97. The summed E-state index contributed by atoms with van der Waals surface area (Å²) in [5.74, 6) is 2.04. The molecule has 25 heavy (non-hydrogen) atoms. The SMILES string of the molecule is CC(C)Cn1ccnc1CNC(=O)N[C@H](C)c1nnc2ccccn12. The molecule has 3 aromatic heterocycles. The van der Waals surface area contributed by atoms with E-state index >= 15 is 0 Å². The van der Waals surface area contributed by atoms with Crippen LogP contribution < -0.4 is 10.6 Å². The molecule has 0 unspecified atom stereocenters. The Morgan fingerprint density at radius 3 is 2.84 bits per heavy atom. The van der Waals surface area contributed by atoms with Gasteiger partial charge in [-0.3, -0.25) is 4.40 Å². The highest BCUT2D eigenvalue weighted by atomic mass is 16.2. The molecule has 0 spiro atoms. The summed E-state index contributed by atoms with van der Waals surface area (Å²) in [7, 11) is 0. The normalized spacial score (nSPS) is 12.5. The van der Waals surface area contributed by atoms with Crippen molar-refractivity contribution >= 4 is 11.7 Å². The van der Waals surface area contributed by atoms with E-state index in [0.29, 0.717) is 18.3 Å². The van der Waals surface area contributed by atoms with Gasteiger partial charge in [-0.1, -0.05) is 19.9 Å². The number of hydrogen-bond donors (Lipinski definition) is 2. The second-order valence-corrected chi connectivity index (χ2v) is 6.43. The summed E-state index contributed by atoms with van der Waals surface area (Å²) in [6.45, 7) is 7.42. The minimum atomic E-state index is -0.271. The first-order valence-corrected chi connectivity index (χ1v) is 8.38. The summed E-state index contributed by atoms with van der Waals surface area (Å²) in [6, 6.07) is 5.14. The monoisotopic (exact) mass is 341 g/mol. The van der Waals surface area contributed by atoms with E-state index in [1.807, 2.05) is 41.9 Å².